The molecule has 2 aliphatic rings. The summed E-state index contributed by atoms with van der Waals surface area (Å²) in [6.07, 6.45) is 3.01. The molecule has 6 heteroatoms. The number of hydrogen-bond acceptors (Lipinski definition) is 4. The van der Waals surface area contributed by atoms with Gasteiger partial charge in [-0.25, -0.2) is 4.39 Å². The van der Waals surface area contributed by atoms with Gasteiger partial charge in [-0.3, -0.25) is 11.3 Å². The van der Waals surface area contributed by atoms with Crippen molar-refractivity contribution in [2.45, 2.75) is 30.9 Å². The smallest absolute Gasteiger partial charge is 0.142 e. The Labute approximate surface area is 133 Å². The van der Waals surface area contributed by atoms with E-state index in [1.54, 1.807) is 6.07 Å². The zero-order chi connectivity index (χ0) is 14.9. The highest BCUT2D eigenvalue weighted by molar-refractivity contribution is 7.99. The normalized spacial score (nSPS) is 30.7. The fourth-order valence-corrected chi connectivity index (χ4v) is 4.92. The van der Waals surface area contributed by atoms with Crippen LogP contribution < -0.4 is 11.3 Å². The van der Waals surface area contributed by atoms with Crippen LogP contribution in [0.1, 0.15) is 30.9 Å². The number of rotatable bonds is 3. The Balaban J connectivity index is 1.80. The van der Waals surface area contributed by atoms with Crippen molar-refractivity contribution in [1.82, 2.24) is 5.43 Å². The number of halogens is 2. The van der Waals surface area contributed by atoms with Crippen LogP contribution in [0.5, 0.6) is 0 Å². The molecule has 1 spiro atoms. The van der Waals surface area contributed by atoms with Crippen molar-refractivity contribution in [3.05, 3.63) is 34.6 Å². The van der Waals surface area contributed by atoms with E-state index in [0.717, 1.165) is 42.9 Å². The molecule has 0 amide bonds. The molecule has 0 aliphatic carbocycles. The summed E-state index contributed by atoms with van der Waals surface area (Å²) < 4.78 is 19.8. The van der Waals surface area contributed by atoms with Gasteiger partial charge in [0.25, 0.3) is 0 Å². The van der Waals surface area contributed by atoms with Crippen molar-refractivity contribution < 1.29 is 9.13 Å². The van der Waals surface area contributed by atoms with Gasteiger partial charge in [0.1, 0.15) is 5.82 Å². The first-order valence-corrected chi connectivity index (χ1v) is 8.80. The number of thioether (sulfide) groups is 1. The van der Waals surface area contributed by atoms with Crippen molar-refractivity contribution in [1.29, 1.82) is 0 Å². The summed E-state index contributed by atoms with van der Waals surface area (Å²) in [6.45, 7) is 0.749. The van der Waals surface area contributed by atoms with Gasteiger partial charge in [0.2, 0.25) is 0 Å². The van der Waals surface area contributed by atoms with E-state index in [1.807, 2.05) is 17.8 Å². The van der Waals surface area contributed by atoms with Gasteiger partial charge in [0.05, 0.1) is 10.6 Å². The second-order valence-electron chi connectivity index (χ2n) is 5.90. The molecule has 116 valence electrons. The second kappa shape index (κ2) is 6.42. The molecule has 3 atom stereocenters. The summed E-state index contributed by atoms with van der Waals surface area (Å²) in [5.41, 5.74) is 3.72. The monoisotopic (exact) mass is 330 g/mol. The summed E-state index contributed by atoms with van der Waals surface area (Å²) in [5, 5.41) is 0.144. The maximum atomic E-state index is 13.7. The quantitative estimate of drug-likeness (QED) is 0.659. The Hall–Kier alpha value is -0.330. The molecular weight excluding hydrogens is 311 g/mol. The summed E-state index contributed by atoms with van der Waals surface area (Å²) in [6, 6.07) is 4.86. The minimum absolute atomic E-state index is 0.00630. The summed E-state index contributed by atoms with van der Waals surface area (Å²) in [5.74, 6) is 7.92. The molecule has 2 fully saturated rings. The third kappa shape index (κ3) is 3.22. The maximum absolute atomic E-state index is 13.7. The van der Waals surface area contributed by atoms with Gasteiger partial charge in [0.15, 0.2) is 0 Å². The zero-order valence-corrected chi connectivity index (χ0v) is 13.4. The fourth-order valence-electron chi connectivity index (χ4n) is 3.42. The zero-order valence-electron chi connectivity index (χ0n) is 11.8. The van der Waals surface area contributed by atoms with E-state index in [-0.39, 0.29) is 16.7 Å². The van der Waals surface area contributed by atoms with Crippen molar-refractivity contribution in [3.63, 3.8) is 0 Å². The van der Waals surface area contributed by atoms with Crippen molar-refractivity contribution in [3.8, 4) is 0 Å². The standard InChI is InChI=1S/C15H20ClFN2OS/c16-12-2-1-10(7-13(12)17)14(19-18)11-3-5-20-15(8-11)4-6-21-9-15/h1-2,7,11,14,19H,3-6,8-9,18H2. The van der Waals surface area contributed by atoms with Crippen LogP contribution in [0.2, 0.25) is 5.02 Å². The predicted molar refractivity (Wildman–Crippen MR) is 84.8 cm³/mol. The van der Waals surface area contributed by atoms with Crippen molar-refractivity contribution >= 4 is 23.4 Å². The molecule has 2 saturated heterocycles. The highest BCUT2D eigenvalue weighted by Gasteiger charge is 2.42. The van der Waals surface area contributed by atoms with Crippen LogP contribution in [0.4, 0.5) is 4.39 Å². The lowest BCUT2D eigenvalue weighted by Crippen LogP contribution is -2.45. The number of hydrogen-bond donors (Lipinski definition) is 2. The average Bonchev–Trinajstić information content (AvgIpc) is 2.91. The molecule has 3 nitrogen and oxygen atoms in total. The van der Waals surface area contributed by atoms with E-state index < -0.39 is 5.82 Å². The van der Waals surface area contributed by atoms with Gasteiger partial charge < -0.3 is 4.74 Å². The Morgan fingerprint density at radius 1 is 1.52 bits per heavy atom. The molecule has 3 rings (SSSR count). The number of ether oxygens (including phenoxy) is 1. The third-order valence-electron chi connectivity index (χ3n) is 4.55. The molecule has 2 aliphatic heterocycles. The first-order chi connectivity index (χ1) is 10.1. The van der Waals surface area contributed by atoms with Crippen LogP contribution in [0.25, 0.3) is 0 Å². The lowest BCUT2D eigenvalue weighted by Gasteiger charge is -2.40. The Bertz CT molecular complexity index is 510. The van der Waals surface area contributed by atoms with Crippen LogP contribution in [0, 0.1) is 11.7 Å². The Kier molecular flexibility index (Phi) is 4.76. The largest absolute Gasteiger partial charge is 0.374 e. The van der Waals surface area contributed by atoms with Gasteiger partial charge >= 0.3 is 0 Å². The average molecular weight is 331 g/mol. The first kappa shape index (κ1) is 15.6. The van der Waals surface area contributed by atoms with E-state index >= 15 is 0 Å². The van der Waals surface area contributed by atoms with Crippen molar-refractivity contribution in [2.24, 2.45) is 11.8 Å². The van der Waals surface area contributed by atoms with Gasteiger partial charge in [-0.05, 0) is 48.6 Å². The van der Waals surface area contributed by atoms with E-state index in [1.165, 1.54) is 6.07 Å². The SMILES string of the molecule is NNC(c1ccc(Cl)c(F)c1)C1CCOC2(CCSC2)C1. The van der Waals surface area contributed by atoms with Crippen LogP contribution in [0.15, 0.2) is 18.2 Å². The van der Waals surface area contributed by atoms with E-state index in [4.69, 9.17) is 22.2 Å². The molecule has 3 unspecified atom stereocenters. The van der Waals surface area contributed by atoms with Gasteiger partial charge in [-0.15, -0.1) is 0 Å². The lowest BCUT2D eigenvalue weighted by molar-refractivity contribution is -0.0854. The Morgan fingerprint density at radius 3 is 3.05 bits per heavy atom. The molecule has 1 aromatic rings. The lowest BCUT2D eigenvalue weighted by atomic mass is 9.79. The van der Waals surface area contributed by atoms with E-state index in [9.17, 15) is 4.39 Å². The minimum atomic E-state index is -0.396. The maximum Gasteiger partial charge on any atom is 0.142 e. The predicted octanol–water partition coefficient (Wildman–Crippen LogP) is 3.29. The molecule has 0 bridgehead atoms. The molecule has 1 aromatic carbocycles. The fraction of sp³-hybridized carbons (Fsp3) is 0.600. The summed E-state index contributed by atoms with van der Waals surface area (Å²) >= 11 is 7.71. The van der Waals surface area contributed by atoms with E-state index in [2.05, 4.69) is 5.43 Å². The van der Waals surface area contributed by atoms with Crippen LogP contribution in [-0.2, 0) is 4.74 Å². The van der Waals surface area contributed by atoms with E-state index in [0.29, 0.717) is 5.92 Å². The molecule has 3 N–H and O–H groups in total. The summed E-state index contributed by atoms with van der Waals surface area (Å²) in [4.78, 5) is 0. The number of benzene rings is 1. The van der Waals surface area contributed by atoms with Crippen molar-refractivity contribution in [2.75, 3.05) is 18.1 Å². The van der Waals surface area contributed by atoms with Gasteiger partial charge in [0, 0.05) is 18.4 Å². The highest BCUT2D eigenvalue weighted by Crippen LogP contribution is 2.44. The topological polar surface area (TPSA) is 47.3 Å². The number of hydrazine groups is 1. The minimum Gasteiger partial charge on any atom is -0.374 e. The van der Waals surface area contributed by atoms with Crippen LogP contribution >= 0.6 is 23.4 Å². The number of nitrogens with one attached hydrogen (secondary N) is 1. The Morgan fingerprint density at radius 2 is 2.38 bits per heavy atom. The molecule has 0 radical (unpaired) electrons. The van der Waals surface area contributed by atoms with Crippen LogP contribution in [0.3, 0.4) is 0 Å². The molecule has 21 heavy (non-hydrogen) atoms. The highest BCUT2D eigenvalue weighted by atomic mass is 35.5. The molecule has 0 saturated carbocycles. The van der Waals surface area contributed by atoms with Crippen LogP contribution in [-0.4, -0.2) is 23.7 Å². The molecule has 0 aromatic heterocycles. The first-order valence-electron chi connectivity index (χ1n) is 7.26. The molecular formula is C15H20ClFN2OS. The van der Waals surface area contributed by atoms with Gasteiger partial charge in [-0.1, -0.05) is 17.7 Å². The second-order valence-corrected chi connectivity index (χ2v) is 7.42. The van der Waals surface area contributed by atoms with Gasteiger partial charge in [-0.2, -0.15) is 11.8 Å². The summed E-state index contributed by atoms with van der Waals surface area (Å²) in [7, 11) is 0. The molecule has 2 heterocycles. The number of nitrogens with two attached hydrogens (primary N) is 1. The third-order valence-corrected chi connectivity index (χ3v) is 6.08.